The van der Waals surface area contributed by atoms with Crippen molar-refractivity contribution in [3.8, 4) is 0 Å². The van der Waals surface area contributed by atoms with Crippen molar-refractivity contribution >= 4 is 44.2 Å². The lowest BCUT2D eigenvalue weighted by molar-refractivity contribution is -0.385. The Kier molecular flexibility index (Phi) is 8.19. The number of fused-ring (bicyclic) bond motifs is 1. The molecule has 206 valence electrons. The first-order valence-corrected chi connectivity index (χ1v) is 13.1. The number of aromatic nitrogens is 1. The van der Waals surface area contributed by atoms with Crippen LogP contribution in [0.25, 0.3) is 10.9 Å². The van der Waals surface area contributed by atoms with E-state index in [2.05, 4.69) is 0 Å². The Morgan fingerprint density at radius 1 is 0.775 bits per heavy atom. The minimum Gasteiger partial charge on any atom is -0.461 e. The summed E-state index contributed by atoms with van der Waals surface area (Å²) in [6, 6.07) is 16.7. The maximum Gasteiger partial charge on any atom is 0.306 e. The first-order valence-electron chi connectivity index (χ1n) is 11.7. The number of hydrogen-bond acceptors (Lipinski definition) is 10. The fraction of sp³-hybridized carbons (Fsp3) is 0.154. The number of rotatable bonds is 11. The molecule has 4 aromatic rings. The molecule has 1 heterocycles. The van der Waals surface area contributed by atoms with Gasteiger partial charge in [0.25, 0.3) is 21.4 Å². The van der Waals surface area contributed by atoms with Crippen LogP contribution in [0.3, 0.4) is 0 Å². The van der Waals surface area contributed by atoms with E-state index >= 15 is 0 Å². The minimum absolute atomic E-state index is 0.0518. The van der Waals surface area contributed by atoms with Gasteiger partial charge < -0.3 is 9.47 Å². The SMILES string of the molecule is O=C(CCC(=O)OCc1cn(S(=O)(=O)c2ccc([N+](=O)[O-])cc2)c2ccc([N+](=O)[O-])cc12)OCc1ccccc1. The van der Waals surface area contributed by atoms with E-state index in [0.717, 1.165) is 52.1 Å². The number of carbonyl (C=O) groups excluding carboxylic acids is 2. The van der Waals surface area contributed by atoms with Crippen molar-refractivity contribution in [2.75, 3.05) is 0 Å². The molecule has 0 bridgehead atoms. The van der Waals surface area contributed by atoms with Gasteiger partial charge in [0.15, 0.2) is 0 Å². The molecule has 0 aliphatic rings. The van der Waals surface area contributed by atoms with Crippen LogP contribution in [0, 0.1) is 20.2 Å². The fourth-order valence-corrected chi connectivity index (χ4v) is 5.17. The van der Waals surface area contributed by atoms with Gasteiger partial charge in [-0.05, 0) is 23.8 Å². The second kappa shape index (κ2) is 11.7. The van der Waals surface area contributed by atoms with Crippen LogP contribution in [-0.2, 0) is 42.3 Å². The first-order chi connectivity index (χ1) is 19.1. The van der Waals surface area contributed by atoms with Gasteiger partial charge in [0.1, 0.15) is 13.2 Å². The van der Waals surface area contributed by atoms with Crippen LogP contribution in [-0.4, -0.2) is 34.2 Å². The molecule has 0 saturated heterocycles. The summed E-state index contributed by atoms with van der Waals surface area (Å²) in [6.07, 6.45) is 0.619. The summed E-state index contributed by atoms with van der Waals surface area (Å²) in [5, 5.41) is 22.4. The summed E-state index contributed by atoms with van der Waals surface area (Å²) < 4.78 is 37.9. The third-order valence-corrected chi connectivity index (χ3v) is 7.50. The predicted octanol–water partition coefficient (Wildman–Crippen LogP) is 4.26. The fourth-order valence-electron chi connectivity index (χ4n) is 3.78. The number of nitro benzene ring substituents is 2. The van der Waals surface area contributed by atoms with Gasteiger partial charge in [-0.15, -0.1) is 0 Å². The molecular weight excluding hydrogens is 546 g/mol. The Balaban J connectivity index is 1.50. The van der Waals surface area contributed by atoms with E-state index in [0.29, 0.717) is 0 Å². The predicted molar refractivity (Wildman–Crippen MR) is 140 cm³/mol. The summed E-state index contributed by atoms with van der Waals surface area (Å²) in [7, 11) is -4.29. The lowest BCUT2D eigenvalue weighted by atomic mass is 10.1. The van der Waals surface area contributed by atoms with Crippen LogP contribution < -0.4 is 0 Å². The molecule has 0 aliphatic carbocycles. The first kappa shape index (κ1) is 27.9. The van der Waals surface area contributed by atoms with Crippen molar-refractivity contribution in [2.45, 2.75) is 31.0 Å². The summed E-state index contributed by atoms with van der Waals surface area (Å²) in [6.45, 7) is -0.380. The number of benzene rings is 3. The number of nitrogens with zero attached hydrogens (tertiary/aromatic N) is 3. The molecule has 0 atom stereocenters. The Morgan fingerprint density at radius 3 is 1.95 bits per heavy atom. The number of carbonyl (C=O) groups is 2. The average Bonchev–Trinajstić information content (AvgIpc) is 3.33. The monoisotopic (exact) mass is 567 g/mol. The molecule has 0 amide bonds. The summed E-state index contributed by atoms with van der Waals surface area (Å²) in [5.41, 5.74) is 0.395. The zero-order valence-corrected chi connectivity index (χ0v) is 21.5. The molecule has 40 heavy (non-hydrogen) atoms. The lowest BCUT2D eigenvalue weighted by Crippen LogP contribution is -2.12. The van der Waals surface area contributed by atoms with Gasteiger partial charge in [0, 0.05) is 41.4 Å². The van der Waals surface area contributed by atoms with Gasteiger partial charge in [-0.3, -0.25) is 29.8 Å². The van der Waals surface area contributed by atoms with E-state index in [4.69, 9.17) is 9.47 Å². The van der Waals surface area contributed by atoms with Crippen LogP contribution in [0.5, 0.6) is 0 Å². The van der Waals surface area contributed by atoms with Gasteiger partial charge in [-0.25, -0.2) is 12.4 Å². The molecule has 1 aromatic heterocycles. The van der Waals surface area contributed by atoms with Gasteiger partial charge in [-0.2, -0.15) is 0 Å². The smallest absolute Gasteiger partial charge is 0.306 e. The highest BCUT2D eigenvalue weighted by molar-refractivity contribution is 7.90. The number of hydrogen-bond donors (Lipinski definition) is 0. The Labute approximate surface area is 226 Å². The van der Waals surface area contributed by atoms with Crippen molar-refractivity contribution in [3.05, 3.63) is 110 Å². The van der Waals surface area contributed by atoms with Gasteiger partial charge in [-0.1, -0.05) is 30.3 Å². The highest BCUT2D eigenvalue weighted by Gasteiger charge is 2.24. The van der Waals surface area contributed by atoms with Crippen molar-refractivity contribution in [1.29, 1.82) is 0 Å². The van der Waals surface area contributed by atoms with Crippen LogP contribution in [0.1, 0.15) is 24.0 Å². The molecule has 0 radical (unpaired) electrons. The van der Waals surface area contributed by atoms with Crippen molar-refractivity contribution in [3.63, 3.8) is 0 Å². The third kappa shape index (κ3) is 6.30. The van der Waals surface area contributed by atoms with Gasteiger partial charge >= 0.3 is 11.9 Å². The van der Waals surface area contributed by atoms with Crippen molar-refractivity contribution in [1.82, 2.24) is 3.97 Å². The van der Waals surface area contributed by atoms with Crippen molar-refractivity contribution < 1.29 is 37.3 Å². The topological polar surface area (TPSA) is 178 Å². The second-order valence-electron chi connectivity index (χ2n) is 8.47. The zero-order valence-electron chi connectivity index (χ0n) is 20.7. The Morgan fingerprint density at radius 2 is 1.35 bits per heavy atom. The molecule has 0 spiro atoms. The highest BCUT2D eigenvalue weighted by atomic mass is 32.2. The standard InChI is InChI=1S/C26H21N3O10S/c30-25(38-16-18-4-2-1-3-5-18)12-13-26(31)39-17-19-15-27(24-11-8-21(29(34)35)14-23(19)24)40(36,37)22-9-6-20(7-10-22)28(32)33/h1-11,14-15H,12-13,16-17H2. The molecule has 0 unspecified atom stereocenters. The molecule has 0 N–H and O–H groups in total. The third-order valence-electron chi connectivity index (χ3n) is 5.82. The molecular formula is C26H21N3O10S. The molecule has 13 nitrogen and oxygen atoms in total. The summed E-state index contributed by atoms with van der Waals surface area (Å²) in [4.78, 5) is 44.9. The van der Waals surface area contributed by atoms with Crippen LogP contribution >= 0.6 is 0 Å². The molecule has 0 saturated carbocycles. The maximum atomic E-state index is 13.3. The number of ether oxygens (including phenoxy) is 2. The van der Waals surface area contributed by atoms with E-state index in [1.54, 1.807) is 24.3 Å². The highest BCUT2D eigenvalue weighted by Crippen LogP contribution is 2.30. The lowest BCUT2D eigenvalue weighted by Gasteiger charge is -2.07. The van der Waals surface area contributed by atoms with Gasteiger partial charge in [0.05, 0.1) is 33.1 Å². The molecule has 4 rings (SSSR count). The zero-order chi connectivity index (χ0) is 28.9. The van der Waals surface area contributed by atoms with Crippen LogP contribution in [0.2, 0.25) is 0 Å². The largest absolute Gasteiger partial charge is 0.461 e. The average molecular weight is 568 g/mol. The Bertz CT molecular complexity index is 1700. The van der Waals surface area contributed by atoms with Crippen LogP contribution in [0.4, 0.5) is 11.4 Å². The quantitative estimate of drug-likeness (QED) is 0.144. The van der Waals surface area contributed by atoms with E-state index in [-0.39, 0.29) is 52.2 Å². The molecule has 3 aromatic carbocycles. The summed E-state index contributed by atoms with van der Waals surface area (Å²) in [5.74, 6) is -1.37. The number of esters is 2. The minimum atomic E-state index is -4.29. The van der Waals surface area contributed by atoms with Crippen molar-refractivity contribution in [2.24, 2.45) is 0 Å². The normalized spacial score (nSPS) is 11.2. The number of non-ortho nitro benzene ring substituents is 2. The molecule has 0 fully saturated rings. The Hall–Kier alpha value is -5.11. The van der Waals surface area contributed by atoms with Crippen LogP contribution in [0.15, 0.2) is 83.9 Å². The summed E-state index contributed by atoms with van der Waals surface area (Å²) >= 11 is 0. The second-order valence-corrected chi connectivity index (χ2v) is 10.3. The number of nitro groups is 2. The van der Waals surface area contributed by atoms with Gasteiger partial charge in [0.2, 0.25) is 0 Å². The van der Waals surface area contributed by atoms with E-state index < -0.39 is 38.4 Å². The molecule has 14 heteroatoms. The van der Waals surface area contributed by atoms with E-state index in [1.807, 2.05) is 6.07 Å². The van der Waals surface area contributed by atoms with E-state index in [1.165, 1.54) is 6.07 Å². The maximum absolute atomic E-state index is 13.3. The molecule has 0 aliphatic heterocycles. The van der Waals surface area contributed by atoms with E-state index in [9.17, 15) is 38.2 Å².